The third kappa shape index (κ3) is 5.48. The van der Waals surface area contributed by atoms with Crippen molar-refractivity contribution < 1.29 is 19.1 Å². The van der Waals surface area contributed by atoms with Crippen molar-refractivity contribution in [2.45, 2.75) is 63.6 Å². The zero-order chi connectivity index (χ0) is 26.6. The lowest BCUT2D eigenvalue weighted by Crippen LogP contribution is -2.49. The molecule has 1 aliphatic carbocycles. The lowest BCUT2D eigenvalue weighted by atomic mass is 10.1. The molecule has 38 heavy (non-hydrogen) atoms. The van der Waals surface area contributed by atoms with Gasteiger partial charge in [-0.2, -0.15) is 4.37 Å². The van der Waals surface area contributed by atoms with E-state index in [4.69, 9.17) is 10.5 Å². The zero-order valence-corrected chi connectivity index (χ0v) is 22.1. The maximum atomic E-state index is 13.9. The fraction of sp³-hybridized carbons (Fsp3) is 0.444. The third-order valence-electron chi connectivity index (χ3n) is 7.20. The maximum absolute atomic E-state index is 13.9. The first kappa shape index (κ1) is 26.1. The van der Waals surface area contributed by atoms with Crippen LogP contribution >= 0.6 is 11.5 Å². The Bertz CT molecular complexity index is 1330. The molecule has 1 aliphatic heterocycles. The summed E-state index contributed by atoms with van der Waals surface area (Å²) in [7, 11) is 0. The van der Waals surface area contributed by atoms with Crippen LogP contribution < -0.4 is 21.3 Å². The van der Waals surface area contributed by atoms with E-state index in [1.165, 1.54) is 4.90 Å². The molecule has 2 atom stereocenters. The Hall–Kier alpha value is -3.57. The topological polar surface area (TPSA) is 140 Å². The highest BCUT2D eigenvalue weighted by molar-refractivity contribution is 7.09. The van der Waals surface area contributed by atoms with Crippen LogP contribution in [0.4, 0.5) is 11.4 Å². The SMILES string of the molecule is C[C@H](C(=O)NC[C@@H]1CCCO1)N(C(=O)c1snc(C(=O)NC2CCCC2)c1N)c1cnc2ccccc2c1. The number of nitrogens with two attached hydrogens (primary N) is 1. The molecule has 3 aromatic rings. The number of anilines is 2. The van der Waals surface area contributed by atoms with E-state index in [1.807, 2.05) is 30.3 Å². The number of carbonyl (C=O) groups excluding carboxylic acids is 3. The van der Waals surface area contributed by atoms with Gasteiger partial charge in [0.15, 0.2) is 5.69 Å². The average molecular weight is 537 g/mol. The molecule has 5 rings (SSSR count). The van der Waals surface area contributed by atoms with E-state index in [9.17, 15) is 14.4 Å². The number of aromatic nitrogens is 2. The van der Waals surface area contributed by atoms with Crippen molar-refractivity contribution in [3.63, 3.8) is 0 Å². The Labute approximate surface area is 225 Å². The van der Waals surface area contributed by atoms with Crippen LogP contribution in [0.25, 0.3) is 10.9 Å². The molecule has 200 valence electrons. The lowest BCUT2D eigenvalue weighted by Gasteiger charge is -2.28. The number of carbonyl (C=O) groups is 3. The summed E-state index contributed by atoms with van der Waals surface area (Å²) in [6.07, 6.45) is 7.36. The van der Waals surface area contributed by atoms with Crippen LogP contribution in [0.1, 0.15) is 65.6 Å². The van der Waals surface area contributed by atoms with Crippen LogP contribution in [0.15, 0.2) is 36.5 Å². The molecule has 1 saturated heterocycles. The summed E-state index contributed by atoms with van der Waals surface area (Å²) in [6, 6.07) is 8.56. The minimum absolute atomic E-state index is 0.0150. The Morgan fingerprint density at radius 2 is 1.97 bits per heavy atom. The van der Waals surface area contributed by atoms with Crippen LogP contribution in [0.5, 0.6) is 0 Å². The number of rotatable bonds is 8. The molecule has 3 amide bonds. The van der Waals surface area contributed by atoms with Crippen molar-refractivity contribution in [2.24, 2.45) is 0 Å². The molecule has 0 spiro atoms. The van der Waals surface area contributed by atoms with Gasteiger partial charge in [0.05, 0.1) is 29.2 Å². The van der Waals surface area contributed by atoms with Crippen LogP contribution in [0.2, 0.25) is 0 Å². The molecular weight excluding hydrogens is 504 g/mol. The van der Waals surface area contributed by atoms with Crippen molar-refractivity contribution in [2.75, 3.05) is 23.8 Å². The second-order valence-electron chi connectivity index (χ2n) is 9.85. The van der Waals surface area contributed by atoms with Gasteiger partial charge >= 0.3 is 0 Å². The van der Waals surface area contributed by atoms with E-state index >= 15 is 0 Å². The van der Waals surface area contributed by atoms with Crippen molar-refractivity contribution >= 4 is 51.5 Å². The minimum atomic E-state index is -0.885. The van der Waals surface area contributed by atoms with Crippen molar-refractivity contribution in [1.29, 1.82) is 0 Å². The molecule has 2 aromatic heterocycles. The molecule has 2 fully saturated rings. The fourth-order valence-corrected chi connectivity index (χ4v) is 5.78. The van der Waals surface area contributed by atoms with Gasteiger partial charge in [0, 0.05) is 24.6 Å². The largest absolute Gasteiger partial charge is 0.395 e. The Morgan fingerprint density at radius 3 is 2.74 bits per heavy atom. The Balaban J connectivity index is 1.43. The highest BCUT2D eigenvalue weighted by Gasteiger charge is 2.33. The minimum Gasteiger partial charge on any atom is -0.395 e. The molecular formula is C27H32N6O4S. The summed E-state index contributed by atoms with van der Waals surface area (Å²) >= 11 is 0.861. The number of nitrogens with zero attached hydrogens (tertiary/aromatic N) is 3. The van der Waals surface area contributed by atoms with Gasteiger partial charge < -0.3 is 21.1 Å². The van der Waals surface area contributed by atoms with Gasteiger partial charge in [-0.3, -0.25) is 24.3 Å². The van der Waals surface area contributed by atoms with E-state index in [0.717, 1.165) is 61.0 Å². The summed E-state index contributed by atoms with van der Waals surface area (Å²) in [5.41, 5.74) is 7.57. The number of hydrogen-bond donors (Lipinski definition) is 3. The molecule has 0 radical (unpaired) electrons. The molecule has 1 aromatic carbocycles. The Kier molecular flexibility index (Phi) is 7.85. The fourth-order valence-electron chi connectivity index (χ4n) is 5.04. The van der Waals surface area contributed by atoms with Crippen LogP contribution in [0, 0.1) is 0 Å². The first-order chi connectivity index (χ1) is 18.4. The molecule has 3 heterocycles. The number of nitrogens with one attached hydrogen (secondary N) is 2. The predicted molar refractivity (Wildman–Crippen MR) is 146 cm³/mol. The van der Waals surface area contributed by atoms with E-state index < -0.39 is 11.9 Å². The number of amides is 3. The van der Waals surface area contributed by atoms with Crippen LogP contribution in [-0.2, 0) is 9.53 Å². The quantitative estimate of drug-likeness (QED) is 0.401. The summed E-state index contributed by atoms with van der Waals surface area (Å²) < 4.78 is 9.84. The van der Waals surface area contributed by atoms with Gasteiger partial charge in [0.25, 0.3) is 11.8 Å². The smallest absolute Gasteiger partial charge is 0.273 e. The zero-order valence-electron chi connectivity index (χ0n) is 21.3. The first-order valence-electron chi connectivity index (χ1n) is 13.1. The Morgan fingerprint density at radius 1 is 1.18 bits per heavy atom. The second kappa shape index (κ2) is 11.4. The number of ether oxygens (including phenoxy) is 1. The highest BCUT2D eigenvalue weighted by Crippen LogP contribution is 2.29. The molecule has 1 saturated carbocycles. The highest BCUT2D eigenvalue weighted by atomic mass is 32.1. The third-order valence-corrected chi connectivity index (χ3v) is 8.05. The van der Waals surface area contributed by atoms with Gasteiger partial charge in [-0.25, -0.2) is 0 Å². The number of fused-ring (bicyclic) bond motifs is 1. The number of hydrogen-bond acceptors (Lipinski definition) is 8. The van der Waals surface area contributed by atoms with Gasteiger partial charge in [0.1, 0.15) is 10.9 Å². The van der Waals surface area contributed by atoms with Crippen molar-refractivity contribution in [1.82, 2.24) is 20.0 Å². The molecule has 0 unspecified atom stereocenters. The van der Waals surface area contributed by atoms with E-state index in [-0.39, 0.29) is 40.2 Å². The first-order valence-corrected chi connectivity index (χ1v) is 13.8. The van der Waals surface area contributed by atoms with Crippen molar-refractivity contribution in [3.8, 4) is 0 Å². The second-order valence-corrected chi connectivity index (χ2v) is 10.6. The van der Waals surface area contributed by atoms with E-state index in [2.05, 4.69) is 20.0 Å². The monoisotopic (exact) mass is 536 g/mol. The predicted octanol–water partition coefficient (Wildman–Crippen LogP) is 3.28. The van der Waals surface area contributed by atoms with Gasteiger partial charge in [0.2, 0.25) is 5.91 Å². The van der Waals surface area contributed by atoms with Crippen LogP contribution in [0.3, 0.4) is 0 Å². The normalized spacial score (nSPS) is 18.4. The lowest BCUT2D eigenvalue weighted by molar-refractivity contribution is -0.122. The molecule has 10 nitrogen and oxygen atoms in total. The van der Waals surface area contributed by atoms with Gasteiger partial charge in [-0.05, 0) is 56.3 Å². The summed E-state index contributed by atoms with van der Waals surface area (Å²) in [5, 5.41) is 6.70. The maximum Gasteiger partial charge on any atom is 0.273 e. The summed E-state index contributed by atoms with van der Waals surface area (Å²) in [5.74, 6) is -1.23. The van der Waals surface area contributed by atoms with Crippen LogP contribution in [-0.4, -0.2) is 58.4 Å². The van der Waals surface area contributed by atoms with Gasteiger partial charge in [-0.15, -0.1) is 0 Å². The molecule has 4 N–H and O–H groups in total. The van der Waals surface area contributed by atoms with Gasteiger partial charge in [-0.1, -0.05) is 31.0 Å². The molecule has 0 bridgehead atoms. The number of benzene rings is 1. The number of pyridine rings is 1. The van der Waals surface area contributed by atoms with Crippen molar-refractivity contribution in [3.05, 3.63) is 47.1 Å². The molecule has 11 heteroatoms. The average Bonchev–Trinajstić information content (AvgIpc) is 3.70. The standard InChI is InChI=1S/C27H32N6O4S/c1-16(25(34)30-15-20-10-6-12-37-20)33(19-13-17-7-2-5-11-21(17)29-14-19)27(36)24-22(28)23(32-38-24)26(35)31-18-8-3-4-9-18/h2,5,7,11,13-14,16,18,20H,3-4,6,8-10,12,15,28H2,1H3,(H,30,34)(H,31,35)/t16-,20+/m1/s1. The number of nitrogen functional groups attached to an aromatic ring is 1. The molecule has 2 aliphatic rings. The summed E-state index contributed by atoms with van der Waals surface area (Å²) in [6.45, 7) is 2.71. The summed E-state index contributed by atoms with van der Waals surface area (Å²) in [4.78, 5) is 46.0. The van der Waals surface area contributed by atoms with E-state index in [0.29, 0.717) is 18.8 Å². The number of para-hydroxylation sites is 1. The van der Waals surface area contributed by atoms with E-state index in [1.54, 1.807) is 13.1 Å².